The summed E-state index contributed by atoms with van der Waals surface area (Å²) in [4.78, 5) is 14.4. The number of fused-ring (bicyclic) bond motifs is 1. The fourth-order valence-electron chi connectivity index (χ4n) is 4.23. The van der Waals surface area contributed by atoms with Gasteiger partial charge in [-0.3, -0.25) is 4.79 Å². The Labute approximate surface area is 181 Å². The van der Waals surface area contributed by atoms with Gasteiger partial charge in [0.05, 0.1) is 43.8 Å². The van der Waals surface area contributed by atoms with E-state index in [0.29, 0.717) is 5.75 Å². The number of phenolic OH excluding ortho intramolecular Hbond substituents is 1. The summed E-state index contributed by atoms with van der Waals surface area (Å²) in [6.45, 7) is 1.96. The van der Waals surface area contributed by atoms with E-state index in [1.807, 2.05) is 0 Å². The van der Waals surface area contributed by atoms with Crippen molar-refractivity contribution in [1.29, 1.82) is 0 Å². The highest BCUT2D eigenvalue weighted by Gasteiger charge is 2.40. The lowest BCUT2D eigenvalue weighted by Crippen LogP contribution is -3.08. The molecule has 2 aromatic carbocycles. The molecule has 2 N–H and O–H groups in total. The zero-order chi connectivity index (χ0) is 23.0. The lowest BCUT2D eigenvalue weighted by Gasteiger charge is -2.17. The van der Waals surface area contributed by atoms with Crippen molar-refractivity contribution in [2.75, 3.05) is 27.3 Å². The van der Waals surface area contributed by atoms with Crippen molar-refractivity contribution in [3.8, 4) is 28.4 Å². The molecule has 9 heteroatoms. The Bertz CT molecular complexity index is 1210. The predicted molar refractivity (Wildman–Crippen MR) is 111 cm³/mol. The summed E-state index contributed by atoms with van der Waals surface area (Å²) in [5.74, 6) is -1.10. The molecule has 0 amide bonds. The number of nitrogens with one attached hydrogen (secondary N) is 1. The lowest BCUT2D eigenvalue weighted by atomic mass is 9.99. The van der Waals surface area contributed by atoms with E-state index in [-0.39, 0.29) is 40.1 Å². The van der Waals surface area contributed by atoms with Gasteiger partial charge in [-0.05, 0) is 29.8 Å². The zero-order valence-corrected chi connectivity index (χ0v) is 17.6. The van der Waals surface area contributed by atoms with Crippen molar-refractivity contribution >= 4 is 11.0 Å². The Morgan fingerprint density at radius 2 is 1.75 bits per heavy atom. The van der Waals surface area contributed by atoms with Gasteiger partial charge in [-0.2, -0.15) is 13.2 Å². The van der Waals surface area contributed by atoms with E-state index in [0.717, 1.165) is 30.8 Å². The predicted octanol–water partition coefficient (Wildman–Crippen LogP) is 3.38. The van der Waals surface area contributed by atoms with Crippen LogP contribution in [0.4, 0.5) is 13.2 Å². The molecule has 6 nitrogen and oxygen atoms in total. The van der Waals surface area contributed by atoms with Crippen molar-refractivity contribution in [2.24, 2.45) is 0 Å². The highest BCUT2D eigenvalue weighted by molar-refractivity contribution is 5.87. The number of hydrogen-bond donors (Lipinski definition) is 2. The molecule has 170 valence electrons. The summed E-state index contributed by atoms with van der Waals surface area (Å²) >= 11 is 0. The number of rotatable bonds is 5. The molecule has 0 radical (unpaired) electrons. The molecule has 0 unspecified atom stereocenters. The maximum absolute atomic E-state index is 14.1. The summed E-state index contributed by atoms with van der Waals surface area (Å²) < 4.78 is 57.9. The Balaban J connectivity index is 1.99. The van der Waals surface area contributed by atoms with Crippen LogP contribution in [0.2, 0.25) is 0 Å². The highest BCUT2D eigenvalue weighted by Crippen LogP contribution is 2.40. The van der Waals surface area contributed by atoms with Crippen LogP contribution < -0.4 is 19.8 Å². The highest BCUT2D eigenvalue weighted by atomic mass is 19.4. The molecule has 1 aromatic heterocycles. The van der Waals surface area contributed by atoms with Gasteiger partial charge in [-0.1, -0.05) is 6.07 Å². The summed E-state index contributed by atoms with van der Waals surface area (Å²) in [6.07, 6.45) is -2.93. The second-order valence-electron chi connectivity index (χ2n) is 7.78. The maximum Gasteiger partial charge on any atom is 0.450 e. The second kappa shape index (κ2) is 8.38. The summed E-state index contributed by atoms with van der Waals surface area (Å²) in [5, 5.41) is 10.4. The number of methoxy groups -OCH3 is 2. The van der Waals surface area contributed by atoms with Crippen molar-refractivity contribution in [2.45, 2.75) is 25.6 Å². The first kappa shape index (κ1) is 22.0. The Hall–Kier alpha value is -3.20. The summed E-state index contributed by atoms with van der Waals surface area (Å²) in [6, 6.07) is 6.71. The maximum atomic E-state index is 14.1. The van der Waals surface area contributed by atoms with Gasteiger partial charge in [0.15, 0.2) is 17.1 Å². The number of aromatic hydroxyl groups is 1. The van der Waals surface area contributed by atoms with E-state index >= 15 is 0 Å². The van der Waals surface area contributed by atoms with Gasteiger partial charge in [0, 0.05) is 12.8 Å². The van der Waals surface area contributed by atoms with Crippen LogP contribution in [0.1, 0.15) is 24.2 Å². The fraction of sp³-hybridized carbons (Fsp3) is 0.348. The molecule has 1 saturated heterocycles. The first-order chi connectivity index (χ1) is 15.2. The molecule has 4 rings (SSSR count). The van der Waals surface area contributed by atoms with E-state index in [4.69, 9.17) is 13.9 Å². The third kappa shape index (κ3) is 3.88. The van der Waals surface area contributed by atoms with Crippen LogP contribution >= 0.6 is 0 Å². The molecule has 0 aliphatic carbocycles. The number of halogens is 3. The normalized spacial score (nSPS) is 14.8. The summed E-state index contributed by atoms with van der Waals surface area (Å²) in [7, 11) is 2.75. The van der Waals surface area contributed by atoms with Crippen LogP contribution in [0.15, 0.2) is 39.5 Å². The van der Waals surface area contributed by atoms with E-state index in [1.165, 1.54) is 44.6 Å². The first-order valence-electron chi connectivity index (χ1n) is 10.2. The molecule has 0 saturated carbocycles. The molecule has 1 aliphatic rings. The number of phenols is 1. The average Bonchev–Trinajstić information content (AvgIpc) is 3.27. The zero-order valence-electron chi connectivity index (χ0n) is 17.6. The van der Waals surface area contributed by atoms with Crippen LogP contribution in [0.3, 0.4) is 0 Å². The molecule has 32 heavy (non-hydrogen) atoms. The smallest absolute Gasteiger partial charge is 0.450 e. The molecule has 3 aromatic rings. The van der Waals surface area contributed by atoms with Gasteiger partial charge in [0.2, 0.25) is 11.2 Å². The van der Waals surface area contributed by atoms with Gasteiger partial charge in [0.1, 0.15) is 12.3 Å². The topological polar surface area (TPSA) is 73.3 Å². The Kier molecular flexibility index (Phi) is 5.77. The van der Waals surface area contributed by atoms with Crippen LogP contribution in [-0.2, 0) is 12.7 Å². The van der Waals surface area contributed by atoms with E-state index in [1.54, 1.807) is 0 Å². The van der Waals surface area contributed by atoms with Crippen LogP contribution in [0.5, 0.6) is 17.2 Å². The minimum atomic E-state index is -4.93. The van der Waals surface area contributed by atoms with Crippen molar-refractivity contribution in [1.82, 2.24) is 0 Å². The van der Waals surface area contributed by atoms with Gasteiger partial charge in [-0.25, -0.2) is 0 Å². The molecule has 1 aliphatic heterocycles. The molecule has 0 atom stereocenters. The number of ether oxygens (including phenoxy) is 2. The second-order valence-corrected chi connectivity index (χ2v) is 7.78. The number of alkyl halides is 3. The Morgan fingerprint density at radius 1 is 1.06 bits per heavy atom. The molecule has 0 spiro atoms. The third-order valence-corrected chi connectivity index (χ3v) is 5.81. The van der Waals surface area contributed by atoms with Gasteiger partial charge in [0.25, 0.3) is 0 Å². The minimum Gasteiger partial charge on any atom is -0.507 e. The number of hydrogen-bond acceptors (Lipinski definition) is 5. The van der Waals surface area contributed by atoms with Crippen LogP contribution in [0, 0.1) is 0 Å². The Morgan fingerprint density at radius 3 is 2.38 bits per heavy atom. The van der Waals surface area contributed by atoms with Gasteiger partial charge < -0.3 is 23.9 Å². The summed E-state index contributed by atoms with van der Waals surface area (Å²) in [5.41, 5.74) is -1.48. The molecule has 2 heterocycles. The van der Waals surface area contributed by atoms with Gasteiger partial charge >= 0.3 is 6.18 Å². The van der Waals surface area contributed by atoms with Gasteiger partial charge in [-0.15, -0.1) is 0 Å². The largest absolute Gasteiger partial charge is 0.507 e. The molecule has 1 fully saturated rings. The number of quaternary nitrogens is 1. The fourth-order valence-corrected chi connectivity index (χ4v) is 4.23. The van der Waals surface area contributed by atoms with Crippen molar-refractivity contribution in [3.05, 3.63) is 51.9 Å². The first-order valence-corrected chi connectivity index (χ1v) is 10.2. The van der Waals surface area contributed by atoms with Crippen molar-refractivity contribution in [3.63, 3.8) is 0 Å². The average molecular weight is 450 g/mol. The van der Waals surface area contributed by atoms with E-state index < -0.39 is 22.9 Å². The SMILES string of the molecule is COc1ccc(-c2c(C(F)(F)F)oc3c(C[NH+]4CCCC4)c(O)ccc3c2=O)cc1OC. The van der Waals surface area contributed by atoms with Crippen LogP contribution in [-0.4, -0.2) is 32.4 Å². The monoisotopic (exact) mass is 450 g/mol. The standard InChI is InChI=1S/C23H22F3NO5/c1-30-17-8-5-13(11-18(17)31-2)19-20(29)14-6-7-16(28)15(12-27-9-3-4-10-27)21(14)32-22(19)23(24,25)26/h5-8,11,28H,3-4,9-10,12H2,1-2H3/p+1. The quantitative estimate of drug-likeness (QED) is 0.624. The van der Waals surface area contributed by atoms with Crippen LogP contribution in [0.25, 0.3) is 22.1 Å². The number of likely N-dealkylation sites (tertiary alicyclic amines) is 1. The molecule has 0 bridgehead atoms. The van der Waals surface area contributed by atoms with E-state index in [9.17, 15) is 23.1 Å². The van der Waals surface area contributed by atoms with Crippen molar-refractivity contribution < 1.29 is 37.1 Å². The third-order valence-electron chi connectivity index (χ3n) is 5.81. The number of benzene rings is 2. The molecular formula is C23H23F3NO5+. The van der Waals surface area contributed by atoms with E-state index in [2.05, 4.69) is 0 Å². The minimum absolute atomic E-state index is 0.00887. The molecular weight excluding hydrogens is 427 g/mol. The lowest BCUT2D eigenvalue weighted by molar-refractivity contribution is -0.901.